The lowest BCUT2D eigenvalue weighted by atomic mass is 9.72. The molecule has 5 amide bonds. The third-order valence-electron chi connectivity index (χ3n) is 5.85. The second-order valence-corrected chi connectivity index (χ2v) is 8.80. The Bertz CT molecular complexity index is 1060. The molecule has 0 spiro atoms. The Labute approximate surface area is 201 Å². The lowest BCUT2D eigenvalue weighted by Gasteiger charge is -2.36. The van der Waals surface area contributed by atoms with Crippen molar-refractivity contribution in [1.82, 2.24) is 20.4 Å². The maximum Gasteiger partial charge on any atom is 0.547 e. The lowest BCUT2D eigenvalue weighted by molar-refractivity contribution is -0.153. The van der Waals surface area contributed by atoms with Gasteiger partial charge in [-0.2, -0.15) is 0 Å². The van der Waals surface area contributed by atoms with Gasteiger partial charge in [-0.3, -0.25) is 19.3 Å². The van der Waals surface area contributed by atoms with Crippen LogP contribution >= 0.6 is 0 Å². The Morgan fingerprint density at radius 3 is 2.51 bits per heavy atom. The number of carboxylic acid groups (broad SMARTS) is 1. The van der Waals surface area contributed by atoms with Crippen molar-refractivity contribution in [1.29, 1.82) is 0 Å². The number of amides is 5. The van der Waals surface area contributed by atoms with Crippen LogP contribution in [-0.4, -0.2) is 99.1 Å². The standard InChI is InChI=1S/C21H27BN4O9/c1-4-25-8-9-26(18(29)17(25)28)20(32)24-15(21(2,3)33)16(27)23-13-10-11-6-5-7-12(19(30)31)14(11)35-22(13)34/h5-7,13,15,33-34H,4,8-10H2,1-3H3,(H,23,27)(H,24,32)(H,30,31)/t13-,15-/m0/s1. The SMILES string of the molecule is CCN1CCN(C(=O)N[C@@H](C(=O)N[C@H]2Cc3cccc(C(=O)O)c3OB2O)C(C)(C)O)C(=O)C1=O. The van der Waals surface area contributed by atoms with E-state index in [0.29, 0.717) is 17.0 Å². The van der Waals surface area contributed by atoms with E-state index >= 15 is 0 Å². The number of para-hydroxylation sites is 1. The molecule has 0 aliphatic carbocycles. The van der Waals surface area contributed by atoms with Crippen LogP contribution in [0.25, 0.3) is 0 Å². The van der Waals surface area contributed by atoms with Gasteiger partial charge in [-0.1, -0.05) is 12.1 Å². The number of hydrogen-bond acceptors (Lipinski definition) is 8. The first kappa shape index (κ1) is 26.0. The average Bonchev–Trinajstić information content (AvgIpc) is 2.78. The van der Waals surface area contributed by atoms with Gasteiger partial charge < -0.3 is 35.4 Å². The smallest absolute Gasteiger partial charge is 0.534 e. The monoisotopic (exact) mass is 490 g/mol. The number of carbonyl (C=O) groups excluding carboxylic acids is 4. The molecule has 35 heavy (non-hydrogen) atoms. The highest BCUT2D eigenvalue weighted by Crippen LogP contribution is 2.30. The van der Waals surface area contributed by atoms with Gasteiger partial charge in [-0.15, -0.1) is 0 Å². The molecule has 2 aliphatic heterocycles. The number of urea groups is 1. The molecule has 3 rings (SSSR count). The van der Waals surface area contributed by atoms with Crippen LogP contribution in [0.5, 0.6) is 5.75 Å². The quantitative estimate of drug-likeness (QED) is 0.230. The molecule has 13 nitrogen and oxygen atoms in total. The summed E-state index contributed by atoms with van der Waals surface area (Å²) in [5, 5.41) is 35.0. The lowest BCUT2D eigenvalue weighted by Crippen LogP contribution is -2.65. The summed E-state index contributed by atoms with van der Waals surface area (Å²) in [6.07, 6.45) is 0.0157. The Kier molecular flexibility index (Phi) is 7.36. The summed E-state index contributed by atoms with van der Waals surface area (Å²) in [6.45, 7) is 4.58. The minimum absolute atomic E-state index is 0.0141. The van der Waals surface area contributed by atoms with E-state index in [0.717, 1.165) is 0 Å². The molecule has 1 aromatic rings. The van der Waals surface area contributed by atoms with Crippen molar-refractivity contribution in [2.24, 2.45) is 0 Å². The van der Waals surface area contributed by atoms with Crippen LogP contribution in [0.2, 0.25) is 0 Å². The largest absolute Gasteiger partial charge is 0.547 e. The number of piperazine rings is 1. The molecule has 0 aromatic heterocycles. The number of nitrogens with one attached hydrogen (secondary N) is 2. The van der Waals surface area contributed by atoms with Crippen molar-refractivity contribution in [3.8, 4) is 5.75 Å². The van der Waals surface area contributed by atoms with Crippen LogP contribution in [0.3, 0.4) is 0 Å². The number of aliphatic hydroxyl groups is 1. The van der Waals surface area contributed by atoms with Crippen LogP contribution in [0, 0.1) is 0 Å². The zero-order chi connectivity index (χ0) is 26.1. The molecule has 1 saturated heterocycles. The van der Waals surface area contributed by atoms with Crippen molar-refractivity contribution in [2.75, 3.05) is 19.6 Å². The zero-order valence-corrected chi connectivity index (χ0v) is 19.5. The molecule has 2 heterocycles. The predicted molar refractivity (Wildman–Crippen MR) is 120 cm³/mol. The van der Waals surface area contributed by atoms with Crippen LogP contribution in [0.15, 0.2) is 18.2 Å². The second-order valence-electron chi connectivity index (χ2n) is 8.80. The molecule has 0 saturated carbocycles. The van der Waals surface area contributed by atoms with Gasteiger partial charge in [0.2, 0.25) is 5.91 Å². The number of benzene rings is 1. The number of imide groups is 1. The molecule has 1 aromatic carbocycles. The molecule has 1 fully saturated rings. The van der Waals surface area contributed by atoms with Crippen molar-refractivity contribution in [3.63, 3.8) is 0 Å². The number of hydrogen-bond donors (Lipinski definition) is 5. The summed E-state index contributed by atoms with van der Waals surface area (Å²) in [5.41, 5.74) is -1.51. The molecule has 188 valence electrons. The van der Waals surface area contributed by atoms with Gasteiger partial charge in [0.25, 0.3) is 0 Å². The summed E-state index contributed by atoms with van der Waals surface area (Å²) >= 11 is 0. The number of nitrogens with zero attached hydrogens (tertiary/aromatic N) is 2. The first-order valence-corrected chi connectivity index (χ1v) is 11.0. The number of rotatable bonds is 6. The Hall–Kier alpha value is -3.65. The third kappa shape index (κ3) is 5.38. The van der Waals surface area contributed by atoms with Crippen molar-refractivity contribution in [2.45, 2.75) is 44.8 Å². The summed E-state index contributed by atoms with van der Waals surface area (Å²) in [4.78, 5) is 63.5. The van der Waals surface area contributed by atoms with E-state index < -0.39 is 54.4 Å². The van der Waals surface area contributed by atoms with E-state index in [1.165, 1.54) is 30.9 Å². The van der Waals surface area contributed by atoms with E-state index in [4.69, 9.17) is 4.65 Å². The molecule has 0 unspecified atom stereocenters. The topological polar surface area (TPSA) is 186 Å². The molecule has 2 aliphatic rings. The molecular formula is C21H27BN4O9. The zero-order valence-electron chi connectivity index (χ0n) is 19.5. The van der Waals surface area contributed by atoms with Gasteiger partial charge in [0.1, 0.15) is 11.8 Å². The van der Waals surface area contributed by atoms with E-state index in [-0.39, 0.29) is 30.8 Å². The van der Waals surface area contributed by atoms with Gasteiger partial charge in [0, 0.05) is 19.6 Å². The average molecular weight is 490 g/mol. The Morgan fingerprint density at radius 2 is 1.91 bits per heavy atom. The van der Waals surface area contributed by atoms with Crippen molar-refractivity contribution >= 4 is 36.8 Å². The van der Waals surface area contributed by atoms with Crippen LogP contribution in [-0.2, 0) is 20.8 Å². The van der Waals surface area contributed by atoms with Gasteiger partial charge in [0.05, 0.1) is 17.1 Å². The molecule has 0 bridgehead atoms. The Balaban J connectivity index is 1.74. The highest BCUT2D eigenvalue weighted by atomic mass is 16.5. The van der Waals surface area contributed by atoms with Gasteiger partial charge in [-0.25, -0.2) is 9.59 Å². The minimum Gasteiger partial charge on any atom is -0.534 e. The molecule has 5 N–H and O–H groups in total. The van der Waals surface area contributed by atoms with Crippen LogP contribution < -0.4 is 15.3 Å². The number of aromatic carboxylic acids is 1. The summed E-state index contributed by atoms with van der Waals surface area (Å²) in [7, 11) is -1.61. The normalized spacial score (nSPS) is 19.0. The maximum atomic E-state index is 13.0. The van der Waals surface area contributed by atoms with Gasteiger partial charge in [0.15, 0.2) is 0 Å². The third-order valence-corrected chi connectivity index (χ3v) is 5.85. The molecule has 0 radical (unpaired) electrons. The summed E-state index contributed by atoms with van der Waals surface area (Å²) < 4.78 is 5.34. The molecule has 2 atom stereocenters. The predicted octanol–water partition coefficient (Wildman–Crippen LogP) is -1.64. The fourth-order valence-corrected chi connectivity index (χ4v) is 3.92. The van der Waals surface area contributed by atoms with Gasteiger partial charge >= 0.3 is 30.9 Å². The highest BCUT2D eigenvalue weighted by Gasteiger charge is 2.43. The summed E-state index contributed by atoms with van der Waals surface area (Å²) in [5.74, 6) is -5.07. The first-order valence-electron chi connectivity index (χ1n) is 11.0. The van der Waals surface area contributed by atoms with Crippen molar-refractivity contribution in [3.05, 3.63) is 29.3 Å². The van der Waals surface area contributed by atoms with E-state index in [2.05, 4.69) is 10.6 Å². The van der Waals surface area contributed by atoms with Crippen LogP contribution in [0.4, 0.5) is 4.79 Å². The second kappa shape index (κ2) is 9.92. The van der Waals surface area contributed by atoms with E-state index in [1.54, 1.807) is 13.0 Å². The van der Waals surface area contributed by atoms with E-state index in [9.17, 15) is 39.2 Å². The van der Waals surface area contributed by atoms with E-state index in [1.807, 2.05) is 0 Å². The van der Waals surface area contributed by atoms with Crippen molar-refractivity contribution < 1.29 is 43.9 Å². The first-order chi connectivity index (χ1) is 16.3. The fraction of sp³-hybridized carbons (Fsp3) is 0.476. The summed E-state index contributed by atoms with van der Waals surface area (Å²) in [6, 6.07) is 1.80. The fourth-order valence-electron chi connectivity index (χ4n) is 3.92. The molecule has 14 heteroatoms. The van der Waals surface area contributed by atoms with Gasteiger partial charge in [-0.05, 0) is 38.8 Å². The number of fused-ring (bicyclic) bond motifs is 1. The minimum atomic E-state index is -1.80. The number of carboxylic acids is 1. The highest BCUT2D eigenvalue weighted by molar-refractivity contribution is 6.47. The maximum absolute atomic E-state index is 13.0. The number of carbonyl (C=O) groups is 5. The molecular weight excluding hydrogens is 463 g/mol. The Morgan fingerprint density at radius 1 is 1.23 bits per heavy atom. The van der Waals surface area contributed by atoms with Crippen LogP contribution in [0.1, 0.15) is 36.7 Å². The number of likely N-dealkylation sites (N-methyl/N-ethyl adjacent to an activating group) is 1.